The first-order valence-corrected chi connectivity index (χ1v) is 10.8. The molecule has 0 aromatic heterocycles. The van der Waals surface area contributed by atoms with E-state index in [2.05, 4.69) is 27.9 Å². The van der Waals surface area contributed by atoms with Gasteiger partial charge in [0.25, 0.3) is 0 Å². The van der Waals surface area contributed by atoms with E-state index in [9.17, 15) is 13.2 Å². The molecule has 2 aromatic rings. The molecule has 1 amide bonds. The first kappa shape index (κ1) is 20.5. The third kappa shape index (κ3) is 5.34. The first-order valence-electron chi connectivity index (χ1n) is 7.88. The van der Waals surface area contributed by atoms with E-state index in [0.717, 1.165) is 19.7 Å². The zero-order valence-electron chi connectivity index (χ0n) is 14.8. The second kappa shape index (κ2) is 8.72. The molecule has 0 saturated carbocycles. The molecule has 2 rings (SSSR count). The van der Waals surface area contributed by atoms with Crippen LogP contribution in [0.3, 0.4) is 0 Å². The van der Waals surface area contributed by atoms with Gasteiger partial charge in [-0.1, -0.05) is 18.2 Å². The number of carbonyl (C=O) groups excluding carboxylic acids is 1. The van der Waals surface area contributed by atoms with Crippen LogP contribution in [0.15, 0.2) is 48.5 Å². The Hall–Kier alpha value is -1.81. The molecule has 0 saturated heterocycles. The van der Waals surface area contributed by atoms with Crippen molar-refractivity contribution < 1.29 is 17.9 Å². The number of rotatable bonds is 7. The average Bonchev–Trinajstić information content (AvgIpc) is 2.59. The van der Waals surface area contributed by atoms with Crippen molar-refractivity contribution >= 4 is 44.2 Å². The van der Waals surface area contributed by atoms with Gasteiger partial charge in [0.2, 0.25) is 15.9 Å². The Labute approximate surface area is 167 Å². The number of halogens is 1. The van der Waals surface area contributed by atoms with Gasteiger partial charge in [-0.15, -0.1) is 0 Å². The number of ether oxygens (including phenoxy) is 1. The van der Waals surface area contributed by atoms with Gasteiger partial charge in [0.1, 0.15) is 12.3 Å². The van der Waals surface area contributed by atoms with Gasteiger partial charge < -0.3 is 10.1 Å². The van der Waals surface area contributed by atoms with E-state index in [0.29, 0.717) is 11.4 Å². The number of nitrogens with one attached hydrogen (secondary N) is 1. The molecule has 0 aliphatic rings. The number of hydrogen-bond acceptors (Lipinski definition) is 4. The summed E-state index contributed by atoms with van der Waals surface area (Å²) >= 11 is 2.14. The first-order chi connectivity index (χ1) is 12.2. The summed E-state index contributed by atoms with van der Waals surface area (Å²) in [5.74, 6) is 0.269. The zero-order valence-corrected chi connectivity index (χ0v) is 17.7. The molecule has 0 aliphatic carbocycles. The van der Waals surface area contributed by atoms with E-state index in [4.69, 9.17) is 4.74 Å². The Morgan fingerprint density at radius 1 is 1.19 bits per heavy atom. The number of carbonyl (C=O) groups is 1. The summed E-state index contributed by atoms with van der Waals surface area (Å²) in [6, 6.07) is 14.0. The molecule has 0 aliphatic heterocycles. The van der Waals surface area contributed by atoms with Crippen molar-refractivity contribution in [2.45, 2.75) is 13.0 Å². The van der Waals surface area contributed by atoms with Crippen LogP contribution in [0.2, 0.25) is 0 Å². The van der Waals surface area contributed by atoms with Crippen LogP contribution in [-0.4, -0.2) is 34.2 Å². The number of anilines is 1. The van der Waals surface area contributed by atoms with Gasteiger partial charge in [-0.25, -0.2) is 8.42 Å². The van der Waals surface area contributed by atoms with Crippen molar-refractivity contribution in [2.24, 2.45) is 0 Å². The molecule has 6 nitrogen and oxygen atoms in total. The molecular formula is C18H21IN2O4S. The minimum absolute atomic E-state index is 0.293. The van der Waals surface area contributed by atoms with E-state index < -0.39 is 15.9 Å². The molecule has 0 unspecified atom stereocenters. The quantitative estimate of drug-likeness (QED) is 0.609. The maximum Gasteiger partial charge on any atom is 0.241 e. The third-order valence-electron chi connectivity index (χ3n) is 3.79. The van der Waals surface area contributed by atoms with E-state index >= 15 is 0 Å². The predicted octanol–water partition coefficient (Wildman–Crippen LogP) is 2.94. The Kier molecular flexibility index (Phi) is 6.87. The molecule has 8 heteroatoms. The summed E-state index contributed by atoms with van der Waals surface area (Å²) in [6.07, 6.45) is 1.09. The summed E-state index contributed by atoms with van der Waals surface area (Å²) in [7, 11) is -2.03. The monoisotopic (exact) mass is 488 g/mol. The maximum atomic E-state index is 12.5. The SMILES string of the molecule is COc1ccccc1[C@@H](C)NC(=O)CN(c1ccc(I)cc1)S(C)(=O)=O. The summed E-state index contributed by atoms with van der Waals surface area (Å²) in [5.41, 5.74) is 1.27. The second-order valence-corrected chi connectivity index (χ2v) is 8.93. The topological polar surface area (TPSA) is 75.7 Å². The van der Waals surface area contributed by atoms with Crippen LogP contribution in [0.1, 0.15) is 18.5 Å². The zero-order chi connectivity index (χ0) is 19.3. The van der Waals surface area contributed by atoms with Crippen LogP contribution < -0.4 is 14.4 Å². The molecule has 0 heterocycles. The third-order valence-corrected chi connectivity index (χ3v) is 5.64. The van der Waals surface area contributed by atoms with Gasteiger partial charge in [-0.05, 0) is 59.8 Å². The van der Waals surface area contributed by atoms with E-state index in [-0.39, 0.29) is 12.6 Å². The number of amides is 1. The highest BCUT2D eigenvalue weighted by Crippen LogP contribution is 2.24. The molecule has 140 valence electrons. The fourth-order valence-corrected chi connectivity index (χ4v) is 3.74. The highest BCUT2D eigenvalue weighted by Gasteiger charge is 2.22. The molecule has 1 atom stereocenters. The van der Waals surface area contributed by atoms with Gasteiger partial charge in [-0.3, -0.25) is 9.10 Å². The van der Waals surface area contributed by atoms with Crippen LogP contribution in [0.25, 0.3) is 0 Å². The van der Waals surface area contributed by atoms with E-state index in [1.54, 1.807) is 31.4 Å². The van der Waals surface area contributed by atoms with Crippen LogP contribution in [0.4, 0.5) is 5.69 Å². The minimum Gasteiger partial charge on any atom is -0.496 e. The number of hydrogen-bond donors (Lipinski definition) is 1. The fraction of sp³-hybridized carbons (Fsp3) is 0.278. The second-order valence-electron chi connectivity index (χ2n) is 5.78. The smallest absolute Gasteiger partial charge is 0.241 e. The number of benzene rings is 2. The van der Waals surface area contributed by atoms with Crippen LogP contribution in [0.5, 0.6) is 5.75 Å². The largest absolute Gasteiger partial charge is 0.496 e. The Bertz CT molecular complexity index is 869. The molecular weight excluding hydrogens is 467 g/mol. The molecule has 1 N–H and O–H groups in total. The van der Waals surface area contributed by atoms with Crippen molar-refractivity contribution in [2.75, 3.05) is 24.2 Å². The summed E-state index contributed by atoms with van der Waals surface area (Å²) in [6.45, 7) is 1.53. The highest BCUT2D eigenvalue weighted by atomic mass is 127. The fourth-order valence-electron chi connectivity index (χ4n) is 2.53. The summed E-state index contributed by atoms with van der Waals surface area (Å²) in [5, 5.41) is 2.83. The van der Waals surface area contributed by atoms with Crippen LogP contribution >= 0.6 is 22.6 Å². The van der Waals surface area contributed by atoms with Crippen molar-refractivity contribution in [3.63, 3.8) is 0 Å². The van der Waals surface area contributed by atoms with Gasteiger partial charge in [0.15, 0.2) is 0 Å². The Morgan fingerprint density at radius 3 is 2.38 bits per heavy atom. The standard InChI is InChI=1S/C18H21IN2O4S/c1-13(16-6-4-5-7-17(16)25-2)20-18(22)12-21(26(3,23)24)15-10-8-14(19)9-11-15/h4-11,13H,12H2,1-3H3,(H,20,22)/t13-/m1/s1. The molecule has 2 aromatic carbocycles. The van der Waals surface area contributed by atoms with E-state index in [1.807, 2.05) is 31.2 Å². The molecule has 0 radical (unpaired) electrons. The van der Waals surface area contributed by atoms with Crippen molar-refractivity contribution in [3.8, 4) is 5.75 Å². The van der Waals surface area contributed by atoms with Gasteiger partial charge >= 0.3 is 0 Å². The Balaban J connectivity index is 2.16. The number of nitrogens with zero attached hydrogens (tertiary/aromatic N) is 1. The number of methoxy groups -OCH3 is 1. The average molecular weight is 488 g/mol. The lowest BCUT2D eigenvalue weighted by Gasteiger charge is -2.23. The van der Waals surface area contributed by atoms with Crippen molar-refractivity contribution in [1.29, 1.82) is 0 Å². The highest BCUT2D eigenvalue weighted by molar-refractivity contribution is 14.1. The lowest BCUT2D eigenvalue weighted by molar-refractivity contribution is -0.120. The van der Waals surface area contributed by atoms with Crippen LogP contribution in [0, 0.1) is 3.57 Å². The van der Waals surface area contributed by atoms with Crippen LogP contribution in [-0.2, 0) is 14.8 Å². The number of sulfonamides is 1. The molecule has 0 fully saturated rings. The molecule has 26 heavy (non-hydrogen) atoms. The lowest BCUT2D eigenvalue weighted by Crippen LogP contribution is -2.41. The normalized spacial score (nSPS) is 12.3. The summed E-state index contributed by atoms with van der Waals surface area (Å²) < 4.78 is 31.6. The molecule has 0 bridgehead atoms. The number of para-hydroxylation sites is 1. The van der Waals surface area contributed by atoms with Gasteiger partial charge in [-0.2, -0.15) is 0 Å². The van der Waals surface area contributed by atoms with E-state index in [1.165, 1.54) is 0 Å². The minimum atomic E-state index is -3.59. The lowest BCUT2D eigenvalue weighted by atomic mass is 10.1. The maximum absolute atomic E-state index is 12.5. The predicted molar refractivity (Wildman–Crippen MR) is 111 cm³/mol. The summed E-state index contributed by atoms with van der Waals surface area (Å²) in [4.78, 5) is 12.5. The van der Waals surface area contributed by atoms with Crippen molar-refractivity contribution in [3.05, 3.63) is 57.7 Å². The Morgan fingerprint density at radius 2 is 1.81 bits per heavy atom. The van der Waals surface area contributed by atoms with Crippen molar-refractivity contribution in [1.82, 2.24) is 5.32 Å². The van der Waals surface area contributed by atoms with Gasteiger partial charge in [0.05, 0.1) is 25.1 Å². The molecule has 0 spiro atoms. The van der Waals surface area contributed by atoms with Gasteiger partial charge in [0, 0.05) is 9.13 Å².